The van der Waals surface area contributed by atoms with Crippen molar-refractivity contribution >= 4 is 11.6 Å². The van der Waals surface area contributed by atoms with E-state index >= 15 is 0 Å². The zero-order valence-corrected chi connectivity index (χ0v) is 13.5. The maximum Gasteiger partial charge on any atom is 0.222 e. The lowest BCUT2D eigenvalue weighted by Crippen LogP contribution is -2.05. The van der Waals surface area contributed by atoms with Crippen molar-refractivity contribution in [1.82, 2.24) is 15.0 Å². The van der Waals surface area contributed by atoms with Gasteiger partial charge in [-0.05, 0) is 12.8 Å². The van der Waals surface area contributed by atoms with Crippen molar-refractivity contribution in [3.8, 4) is 17.4 Å². The van der Waals surface area contributed by atoms with E-state index in [1.54, 1.807) is 33.3 Å². The Bertz CT molecular complexity index is 673. The molecule has 0 aromatic carbocycles. The number of nitrogens with zero attached hydrogens (tertiary/aromatic N) is 3. The summed E-state index contributed by atoms with van der Waals surface area (Å²) in [6.45, 7) is 5.86. The van der Waals surface area contributed by atoms with Gasteiger partial charge >= 0.3 is 0 Å². The number of rotatable bonds is 5. The van der Waals surface area contributed by atoms with E-state index in [1.807, 2.05) is 13.8 Å². The number of hydrogen-bond acceptors (Lipinski definition) is 7. The highest BCUT2D eigenvalue weighted by atomic mass is 16.5. The summed E-state index contributed by atoms with van der Waals surface area (Å²) in [6, 6.07) is 1.80. The second kappa shape index (κ2) is 6.46. The molecule has 7 heteroatoms. The molecule has 2 heterocycles. The molecule has 0 saturated heterocycles. The number of ether oxygens (including phenoxy) is 2. The predicted octanol–water partition coefficient (Wildman–Crippen LogP) is 2.73. The third-order valence-corrected chi connectivity index (χ3v) is 3.14. The van der Waals surface area contributed by atoms with Crippen molar-refractivity contribution in [2.24, 2.45) is 0 Å². The van der Waals surface area contributed by atoms with Crippen molar-refractivity contribution in [1.29, 1.82) is 0 Å². The van der Waals surface area contributed by atoms with Crippen LogP contribution < -0.4 is 20.5 Å². The molecule has 0 fully saturated rings. The van der Waals surface area contributed by atoms with Crippen LogP contribution in [0.5, 0.6) is 17.4 Å². The lowest BCUT2D eigenvalue weighted by Gasteiger charge is -2.18. The van der Waals surface area contributed by atoms with Gasteiger partial charge in [0.15, 0.2) is 11.6 Å². The van der Waals surface area contributed by atoms with Gasteiger partial charge in [0.2, 0.25) is 5.88 Å². The molecule has 0 spiro atoms. The van der Waals surface area contributed by atoms with E-state index in [-0.39, 0.29) is 5.92 Å². The van der Waals surface area contributed by atoms with Crippen molar-refractivity contribution in [2.75, 3.05) is 25.2 Å². The lowest BCUT2D eigenvalue weighted by atomic mass is 10.0. The summed E-state index contributed by atoms with van der Waals surface area (Å²) >= 11 is 0. The first kappa shape index (κ1) is 15.8. The Labute approximate surface area is 129 Å². The molecule has 118 valence electrons. The van der Waals surface area contributed by atoms with Crippen molar-refractivity contribution in [3.05, 3.63) is 23.7 Å². The van der Waals surface area contributed by atoms with Gasteiger partial charge in [0.1, 0.15) is 17.4 Å². The predicted molar refractivity (Wildman–Crippen MR) is 85.7 cm³/mol. The SMILES string of the molecule is CNc1cc(Oc2cnc(C)nc2N)c(C(C)C)c(OC)n1. The van der Waals surface area contributed by atoms with Gasteiger partial charge in [-0.3, -0.25) is 0 Å². The molecule has 2 rings (SSSR count). The fraction of sp³-hybridized carbons (Fsp3) is 0.400. The summed E-state index contributed by atoms with van der Waals surface area (Å²) in [6.07, 6.45) is 1.56. The Morgan fingerprint density at radius 2 is 1.95 bits per heavy atom. The Morgan fingerprint density at radius 1 is 1.23 bits per heavy atom. The molecule has 7 nitrogen and oxygen atoms in total. The van der Waals surface area contributed by atoms with E-state index in [4.69, 9.17) is 15.2 Å². The maximum absolute atomic E-state index is 5.93. The van der Waals surface area contributed by atoms with Crippen molar-refractivity contribution in [3.63, 3.8) is 0 Å². The van der Waals surface area contributed by atoms with Gasteiger partial charge in [0.25, 0.3) is 0 Å². The van der Waals surface area contributed by atoms with Crippen LogP contribution in [0.15, 0.2) is 12.3 Å². The number of nitrogens with one attached hydrogen (secondary N) is 1. The molecule has 0 bridgehead atoms. The minimum Gasteiger partial charge on any atom is -0.481 e. The fourth-order valence-electron chi connectivity index (χ4n) is 2.08. The van der Waals surface area contributed by atoms with Crippen LogP contribution in [0, 0.1) is 6.92 Å². The first-order valence-electron chi connectivity index (χ1n) is 6.99. The van der Waals surface area contributed by atoms with Crippen LogP contribution in [0.3, 0.4) is 0 Å². The smallest absolute Gasteiger partial charge is 0.222 e. The zero-order valence-electron chi connectivity index (χ0n) is 13.5. The summed E-state index contributed by atoms with van der Waals surface area (Å²) in [7, 11) is 3.37. The van der Waals surface area contributed by atoms with Crippen LogP contribution in [0.1, 0.15) is 31.2 Å². The highest BCUT2D eigenvalue weighted by molar-refractivity contribution is 5.55. The van der Waals surface area contributed by atoms with Gasteiger partial charge < -0.3 is 20.5 Å². The third kappa shape index (κ3) is 3.19. The number of methoxy groups -OCH3 is 1. The van der Waals surface area contributed by atoms with E-state index in [0.717, 1.165) is 5.56 Å². The average Bonchev–Trinajstić information content (AvgIpc) is 2.48. The largest absolute Gasteiger partial charge is 0.481 e. The molecule has 0 unspecified atom stereocenters. The van der Waals surface area contributed by atoms with E-state index in [9.17, 15) is 0 Å². The van der Waals surface area contributed by atoms with Crippen LogP contribution in [0.2, 0.25) is 0 Å². The minimum atomic E-state index is 0.163. The molecular weight excluding hydrogens is 282 g/mol. The Balaban J connectivity index is 2.52. The molecule has 0 aliphatic heterocycles. The summed E-state index contributed by atoms with van der Waals surface area (Å²) < 4.78 is 11.3. The summed E-state index contributed by atoms with van der Waals surface area (Å²) in [5.74, 6) is 3.23. The number of aromatic nitrogens is 3. The molecule has 0 amide bonds. The molecule has 0 atom stereocenters. The third-order valence-electron chi connectivity index (χ3n) is 3.14. The standard InChI is InChI=1S/C15H21N5O2/c1-8(2)13-10(6-12(17-4)20-15(13)21-5)22-11-7-18-9(3)19-14(11)16/h6-8H,1-5H3,(H,17,20)(H2,16,18,19). The number of nitrogens with two attached hydrogens (primary N) is 1. The molecule has 0 radical (unpaired) electrons. The van der Waals surface area contributed by atoms with Crippen LogP contribution in [-0.4, -0.2) is 29.1 Å². The first-order valence-corrected chi connectivity index (χ1v) is 6.99. The second-order valence-electron chi connectivity index (χ2n) is 5.10. The summed E-state index contributed by atoms with van der Waals surface area (Å²) in [5, 5.41) is 2.98. The Hall–Kier alpha value is -2.57. The maximum atomic E-state index is 5.93. The van der Waals surface area contributed by atoms with Gasteiger partial charge in [0.05, 0.1) is 18.9 Å². The van der Waals surface area contributed by atoms with E-state index in [2.05, 4.69) is 20.3 Å². The minimum absolute atomic E-state index is 0.163. The van der Waals surface area contributed by atoms with Gasteiger partial charge in [-0.25, -0.2) is 9.97 Å². The summed E-state index contributed by atoms with van der Waals surface area (Å²) in [4.78, 5) is 12.6. The molecule has 0 saturated carbocycles. The Morgan fingerprint density at radius 3 is 2.50 bits per heavy atom. The molecule has 3 N–H and O–H groups in total. The van der Waals surface area contributed by atoms with E-state index in [0.29, 0.717) is 34.8 Å². The zero-order chi connectivity index (χ0) is 16.3. The molecule has 0 aliphatic rings. The topological polar surface area (TPSA) is 95.2 Å². The van der Waals surface area contributed by atoms with Gasteiger partial charge in [-0.15, -0.1) is 0 Å². The molecule has 2 aromatic rings. The van der Waals surface area contributed by atoms with Crippen molar-refractivity contribution < 1.29 is 9.47 Å². The van der Waals surface area contributed by atoms with Gasteiger partial charge in [0, 0.05) is 13.1 Å². The number of nitrogen functional groups attached to an aromatic ring is 1. The second-order valence-corrected chi connectivity index (χ2v) is 5.10. The fourth-order valence-corrected chi connectivity index (χ4v) is 2.08. The Kier molecular flexibility index (Phi) is 4.65. The quantitative estimate of drug-likeness (QED) is 0.876. The number of hydrogen-bond donors (Lipinski definition) is 2. The highest BCUT2D eigenvalue weighted by Crippen LogP contribution is 2.38. The van der Waals surface area contributed by atoms with Gasteiger partial charge in [-0.2, -0.15) is 4.98 Å². The van der Waals surface area contributed by atoms with Crippen LogP contribution in [0.25, 0.3) is 0 Å². The molecule has 2 aromatic heterocycles. The number of anilines is 2. The van der Waals surface area contributed by atoms with Gasteiger partial charge in [-0.1, -0.05) is 13.8 Å². The van der Waals surface area contributed by atoms with Crippen LogP contribution in [0.4, 0.5) is 11.6 Å². The van der Waals surface area contributed by atoms with E-state index in [1.165, 1.54) is 0 Å². The lowest BCUT2D eigenvalue weighted by molar-refractivity contribution is 0.382. The first-order chi connectivity index (χ1) is 10.5. The normalized spacial score (nSPS) is 10.6. The van der Waals surface area contributed by atoms with Crippen LogP contribution >= 0.6 is 0 Å². The van der Waals surface area contributed by atoms with Crippen molar-refractivity contribution in [2.45, 2.75) is 26.7 Å². The number of pyridine rings is 1. The van der Waals surface area contributed by atoms with Crippen LogP contribution in [-0.2, 0) is 0 Å². The highest BCUT2D eigenvalue weighted by Gasteiger charge is 2.19. The summed E-state index contributed by atoms with van der Waals surface area (Å²) in [5.41, 5.74) is 6.76. The molecule has 22 heavy (non-hydrogen) atoms. The average molecular weight is 303 g/mol. The van der Waals surface area contributed by atoms with E-state index < -0.39 is 0 Å². The molecular formula is C15H21N5O2. The number of aryl methyl sites for hydroxylation is 1. The molecule has 0 aliphatic carbocycles. The monoisotopic (exact) mass is 303 g/mol.